The van der Waals surface area contributed by atoms with Crippen LogP contribution in [0.3, 0.4) is 0 Å². The average molecular weight is 372 g/mol. The molecular weight excluding hydrogens is 357 g/mol. The summed E-state index contributed by atoms with van der Waals surface area (Å²) in [7, 11) is 0.966. The second kappa shape index (κ2) is 7.54. The van der Waals surface area contributed by atoms with Crippen molar-refractivity contribution in [3.63, 3.8) is 0 Å². The molecular formula is C16H15F3N2O5. The van der Waals surface area contributed by atoms with Crippen LogP contribution in [-0.2, 0) is 9.53 Å². The molecule has 140 valence electrons. The minimum Gasteiger partial charge on any atom is -0.506 e. The van der Waals surface area contributed by atoms with Crippen LogP contribution < -0.4 is 0 Å². The summed E-state index contributed by atoms with van der Waals surface area (Å²) in [5.41, 5.74) is -4.45. The molecule has 1 aliphatic carbocycles. The van der Waals surface area contributed by atoms with E-state index in [-0.39, 0.29) is 6.04 Å². The van der Waals surface area contributed by atoms with Gasteiger partial charge in [0.05, 0.1) is 12.0 Å². The Bertz CT molecular complexity index is 832. The van der Waals surface area contributed by atoms with E-state index >= 15 is 0 Å². The van der Waals surface area contributed by atoms with Crippen molar-refractivity contribution in [3.05, 3.63) is 44.3 Å². The molecule has 0 spiro atoms. The Balaban J connectivity index is 2.75. The molecule has 1 aromatic rings. The number of hydrogen-bond acceptors (Lipinski definition) is 6. The van der Waals surface area contributed by atoms with E-state index in [1.165, 1.54) is 0 Å². The van der Waals surface area contributed by atoms with Gasteiger partial charge in [0.2, 0.25) is 5.82 Å². The third kappa shape index (κ3) is 3.39. The van der Waals surface area contributed by atoms with Crippen molar-refractivity contribution in [1.82, 2.24) is 0 Å². The average Bonchev–Trinajstić information content (AvgIpc) is 2.56. The van der Waals surface area contributed by atoms with Gasteiger partial charge in [0.25, 0.3) is 0 Å². The first-order chi connectivity index (χ1) is 12.2. The van der Waals surface area contributed by atoms with Gasteiger partial charge in [0.15, 0.2) is 5.82 Å². The van der Waals surface area contributed by atoms with E-state index in [0.29, 0.717) is 0 Å². The summed E-state index contributed by atoms with van der Waals surface area (Å²) in [5, 5.41) is 21.4. The van der Waals surface area contributed by atoms with Gasteiger partial charge >= 0.3 is 11.7 Å². The molecule has 10 heteroatoms. The Morgan fingerprint density at radius 1 is 1.31 bits per heavy atom. The van der Waals surface area contributed by atoms with Crippen LogP contribution in [0.25, 0.3) is 5.76 Å². The maximum atomic E-state index is 14.4. The number of carbonyl (C=O) groups is 1. The van der Waals surface area contributed by atoms with Crippen LogP contribution in [0, 0.1) is 34.5 Å². The number of methoxy groups -OCH3 is 1. The molecule has 0 heterocycles. The molecule has 1 aliphatic rings. The fourth-order valence-electron chi connectivity index (χ4n) is 2.32. The Hall–Kier alpha value is -2.91. The van der Waals surface area contributed by atoms with Crippen molar-refractivity contribution in [2.75, 3.05) is 7.11 Å². The van der Waals surface area contributed by atoms with Gasteiger partial charge in [-0.1, -0.05) is 0 Å². The SMILES string of the molecule is COC(=O)C(C=NC1CCC1)=C(O)c1c(F)c(C)c(F)c(F)c1[N+](=O)[O-]. The number of rotatable bonds is 5. The first-order valence-electron chi connectivity index (χ1n) is 7.57. The van der Waals surface area contributed by atoms with Crippen LogP contribution in [0.15, 0.2) is 10.6 Å². The fraction of sp³-hybridized carbons (Fsp3) is 0.375. The highest BCUT2D eigenvalue weighted by molar-refractivity contribution is 6.15. The van der Waals surface area contributed by atoms with Crippen LogP contribution >= 0.6 is 0 Å². The maximum Gasteiger partial charge on any atom is 0.343 e. The molecule has 0 amide bonds. The van der Waals surface area contributed by atoms with Crippen molar-refractivity contribution in [1.29, 1.82) is 0 Å². The van der Waals surface area contributed by atoms with Crippen molar-refractivity contribution in [3.8, 4) is 0 Å². The van der Waals surface area contributed by atoms with Gasteiger partial charge in [-0.25, -0.2) is 13.6 Å². The van der Waals surface area contributed by atoms with Gasteiger partial charge in [-0.05, 0) is 26.2 Å². The first kappa shape index (κ1) is 19.4. The molecule has 1 fully saturated rings. The van der Waals surface area contributed by atoms with E-state index in [0.717, 1.165) is 39.5 Å². The zero-order chi connectivity index (χ0) is 19.6. The molecule has 0 atom stereocenters. The second-order valence-corrected chi connectivity index (χ2v) is 5.66. The number of halogens is 3. The molecule has 1 saturated carbocycles. The predicted molar refractivity (Wildman–Crippen MR) is 85.4 cm³/mol. The molecule has 2 rings (SSSR count). The predicted octanol–water partition coefficient (Wildman–Crippen LogP) is 3.39. The summed E-state index contributed by atoms with van der Waals surface area (Å²) in [4.78, 5) is 25.6. The number of carbonyl (C=O) groups excluding carboxylic acids is 1. The molecule has 0 unspecified atom stereocenters. The summed E-state index contributed by atoms with van der Waals surface area (Å²) in [6.07, 6.45) is 3.30. The van der Waals surface area contributed by atoms with Gasteiger partial charge in [-0.3, -0.25) is 15.1 Å². The number of aliphatic hydroxyl groups is 1. The molecule has 0 aromatic heterocycles. The highest BCUT2D eigenvalue weighted by atomic mass is 19.2. The third-order valence-electron chi connectivity index (χ3n) is 4.08. The van der Waals surface area contributed by atoms with E-state index in [2.05, 4.69) is 9.73 Å². The van der Waals surface area contributed by atoms with Crippen LogP contribution in [0.2, 0.25) is 0 Å². The molecule has 7 nitrogen and oxygen atoms in total. The van der Waals surface area contributed by atoms with Gasteiger partial charge in [0.1, 0.15) is 22.7 Å². The lowest BCUT2D eigenvalue weighted by molar-refractivity contribution is -0.388. The molecule has 1 aromatic carbocycles. The highest BCUT2D eigenvalue weighted by Crippen LogP contribution is 2.35. The number of hydrogen-bond donors (Lipinski definition) is 1. The number of nitrogens with zero attached hydrogens (tertiary/aromatic N) is 2. The number of aliphatic imine (C=N–C) groups is 1. The standard InChI is InChI=1S/C16H15F3N2O5/c1-7-11(17)10(14(21(24)25)13(19)12(7)18)15(22)9(16(23)26-2)6-20-8-4-3-5-8/h6,8,22H,3-5H2,1-2H3. The molecule has 0 aliphatic heterocycles. The fourth-order valence-corrected chi connectivity index (χ4v) is 2.32. The number of nitro benzene ring substituents is 1. The number of nitro groups is 1. The lowest BCUT2D eigenvalue weighted by Crippen LogP contribution is -2.17. The lowest BCUT2D eigenvalue weighted by Gasteiger charge is -2.20. The number of ether oxygens (including phenoxy) is 1. The molecule has 1 N–H and O–H groups in total. The van der Waals surface area contributed by atoms with Crippen molar-refractivity contribution in [2.24, 2.45) is 4.99 Å². The van der Waals surface area contributed by atoms with E-state index in [1.54, 1.807) is 0 Å². The van der Waals surface area contributed by atoms with Gasteiger partial charge in [-0.15, -0.1) is 0 Å². The normalized spacial score (nSPS) is 15.6. The van der Waals surface area contributed by atoms with Crippen LogP contribution in [0.1, 0.15) is 30.4 Å². The van der Waals surface area contributed by atoms with Crippen LogP contribution in [0.5, 0.6) is 0 Å². The van der Waals surface area contributed by atoms with Crippen molar-refractivity contribution >= 4 is 23.6 Å². The Morgan fingerprint density at radius 3 is 2.38 bits per heavy atom. The second-order valence-electron chi connectivity index (χ2n) is 5.66. The molecule has 0 bridgehead atoms. The topological polar surface area (TPSA) is 102 Å². The Morgan fingerprint density at radius 2 is 1.92 bits per heavy atom. The van der Waals surface area contributed by atoms with Crippen LogP contribution in [-0.4, -0.2) is 35.4 Å². The van der Waals surface area contributed by atoms with Crippen molar-refractivity contribution < 1.29 is 32.7 Å². The quantitative estimate of drug-likeness (QED) is 0.162. The first-order valence-corrected chi connectivity index (χ1v) is 7.57. The Labute approximate surface area is 145 Å². The lowest BCUT2D eigenvalue weighted by atomic mass is 9.94. The monoisotopic (exact) mass is 372 g/mol. The largest absolute Gasteiger partial charge is 0.506 e. The summed E-state index contributed by atoms with van der Waals surface area (Å²) < 4.78 is 46.5. The molecule has 26 heavy (non-hydrogen) atoms. The summed E-state index contributed by atoms with van der Waals surface area (Å²) in [6, 6.07) is -0.117. The van der Waals surface area contributed by atoms with E-state index in [4.69, 9.17) is 0 Å². The van der Waals surface area contributed by atoms with E-state index in [9.17, 15) is 33.2 Å². The zero-order valence-corrected chi connectivity index (χ0v) is 13.9. The van der Waals surface area contributed by atoms with Gasteiger partial charge in [0, 0.05) is 17.8 Å². The third-order valence-corrected chi connectivity index (χ3v) is 4.08. The zero-order valence-electron chi connectivity index (χ0n) is 13.9. The number of aliphatic hydroxyl groups excluding tert-OH is 1. The van der Waals surface area contributed by atoms with E-state index in [1.807, 2.05) is 0 Å². The smallest absolute Gasteiger partial charge is 0.343 e. The maximum absolute atomic E-state index is 14.4. The van der Waals surface area contributed by atoms with Crippen molar-refractivity contribution in [2.45, 2.75) is 32.2 Å². The number of esters is 1. The van der Waals surface area contributed by atoms with Gasteiger partial charge in [-0.2, -0.15) is 4.39 Å². The molecule has 0 radical (unpaired) electrons. The highest BCUT2D eigenvalue weighted by Gasteiger charge is 2.35. The van der Waals surface area contributed by atoms with Gasteiger partial charge < -0.3 is 9.84 Å². The number of benzene rings is 1. The summed E-state index contributed by atoms with van der Waals surface area (Å²) in [6.45, 7) is 0.842. The summed E-state index contributed by atoms with van der Waals surface area (Å²) in [5.74, 6) is -7.69. The van der Waals surface area contributed by atoms with E-state index < -0.39 is 56.5 Å². The summed E-state index contributed by atoms with van der Waals surface area (Å²) >= 11 is 0. The Kier molecular flexibility index (Phi) is 5.63. The minimum atomic E-state index is -1.95. The molecule has 0 saturated heterocycles. The minimum absolute atomic E-state index is 0.117. The van der Waals surface area contributed by atoms with Crippen LogP contribution in [0.4, 0.5) is 18.9 Å².